The van der Waals surface area contributed by atoms with Gasteiger partial charge in [0.25, 0.3) is 20.2 Å². The topological polar surface area (TPSA) is 107 Å². The molecule has 0 amide bonds. The van der Waals surface area contributed by atoms with Crippen LogP contribution in [-0.4, -0.2) is 47.4 Å². The van der Waals surface area contributed by atoms with Gasteiger partial charge >= 0.3 is 0 Å². The fraction of sp³-hybridized carbons (Fsp3) is 1.00. The van der Waals surface area contributed by atoms with E-state index in [4.69, 9.17) is 5.11 Å². The van der Waals surface area contributed by atoms with Crippen LogP contribution in [-0.2, 0) is 28.6 Å². The van der Waals surface area contributed by atoms with Crippen molar-refractivity contribution in [1.29, 1.82) is 0 Å². The zero-order valence-corrected chi connectivity index (χ0v) is 8.47. The lowest BCUT2D eigenvalue weighted by molar-refractivity contribution is 0.200. The number of aliphatic hydroxyl groups is 1. The van der Waals surface area contributed by atoms with Crippen LogP contribution in [0, 0.1) is 0 Å². The molecule has 0 radical (unpaired) electrons. The molecule has 0 aromatic heterocycles. The molecule has 0 atom stereocenters. The standard InChI is InChI=1S/C4H10O7S2/c1-12(6,7)11-4-13(8,9)10-3-2-5/h5H,2-4H2,1H3. The highest BCUT2D eigenvalue weighted by molar-refractivity contribution is 7.89. The normalized spacial score (nSPS) is 13.1. The Hall–Kier alpha value is -0.220. The number of aliphatic hydroxyl groups excluding tert-OH is 1. The average molecular weight is 234 g/mol. The summed E-state index contributed by atoms with van der Waals surface area (Å²) >= 11 is 0. The van der Waals surface area contributed by atoms with E-state index >= 15 is 0 Å². The van der Waals surface area contributed by atoms with E-state index in [9.17, 15) is 16.8 Å². The number of rotatable bonds is 6. The molecule has 0 aliphatic carbocycles. The van der Waals surface area contributed by atoms with Crippen molar-refractivity contribution >= 4 is 20.2 Å². The first-order chi connectivity index (χ1) is 5.77. The summed E-state index contributed by atoms with van der Waals surface area (Å²) in [6, 6.07) is 0. The number of hydrogen-bond donors (Lipinski definition) is 1. The van der Waals surface area contributed by atoms with Gasteiger partial charge in [-0.1, -0.05) is 0 Å². The molecular formula is C4H10O7S2. The quantitative estimate of drug-likeness (QED) is 0.543. The molecule has 0 bridgehead atoms. The summed E-state index contributed by atoms with van der Waals surface area (Å²) in [4.78, 5) is 0. The lowest BCUT2D eigenvalue weighted by atomic mass is 10.8. The first-order valence-corrected chi connectivity index (χ1v) is 6.48. The summed E-state index contributed by atoms with van der Waals surface area (Å²) in [5.41, 5.74) is 0. The van der Waals surface area contributed by atoms with Gasteiger partial charge in [0, 0.05) is 0 Å². The predicted octanol–water partition coefficient (Wildman–Crippen LogP) is -1.74. The molecule has 13 heavy (non-hydrogen) atoms. The van der Waals surface area contributed by atoms with Crippen molar-refractivity contribution in [3.63, 3.8) is 0 Å². The lowest BCUT2D eigenvalue weighted by Crippen LogP contribution is -2.17. The van der Waals surface area contributed by atoms with Crippen molar-refractivity contribution in [3.8, 4) is 0 Å². The minimum atomic E-state index is -4.04. The Labute approximate surface area is 76.5 Å². The molecule has 9 heteroatoms. The van der Waals surface area contributed by atoms with Gasteiger partial charge in [-0.3, -0.25) is 8.37 Å². The molecule has 0 aliphatic heterocycles. The largest absolute Gasteiger partial charge is 0.394 e. The van der Waals surface area contributed by atoms with Crippen molar-refractivity contribution in [1.82, 2.24) is 0 Å². The minimum Gasteiger partial charge on any atom is -0.394 e. The van der Waals surface area contributed by atoms with E-state index in [1.807, 2.05) is 0 Å². The van der Waals surface area contributed by atoms with Crippen LogP contribution in [0.25, 0.3) is 0 Å². The Morgan fingerprint density at radius 1 is 1.15 bits per heavy atom. The van der Waals surface area contributed by atoms with Gasteiger partial charge in [0.15, 0.2) is 5.94 Å². The van der Waals surface area contributed by atoms with Crippen molar-refractivity contribution in [3.05, 3.63) is 0 Å². The van der Waals surface area contributed by atoms with E-state index in [1.165, 1.54) is 0 Å². The van der Waals surface area contributed by atoms with Crippen LogP contribution in [0.3, 0.4) is 0 Å². The lowest BCUT2D eigenvalue weighted by Gasteiger charge is -2.02. The Morgan fingerprint density at radius 3 is 2.08 bits per heavy atom. The third-order valence-electron chi connectivity index (χ3n) is 0.761. The Kier molecular flexibility index (Phi) is 4.78. The number of hydrogen-bond acceptors (Lipinski definition) is 7. The first kappa shape index (κ1) is 12.8. The van der Waals surface area contributed by atoms with Gasteiger partial charge < -0.3 is 5.11 Å². The molecular weight excluding hydrogens is 224 g/mol. The van der Waals surface area contributed by atoms with Gasteiger partial charge in [0.05, 0.1) is 19.5 Å². The summed E-state index contributed by atoms with van der Waals surface area (Å²) in [7, 11) is -7.84. The van der Waals surface area contributed by atoms with Crippen LogP contribution in [0.15, 0.2) is 0 Å². The van der Waals surface area contributed by atoms with Crippen LogP contribution in [0.1, 0.15) is 0 Å². The second-order valence-corrected chi connectivity index (χ2v) is 5.27. The van der Waals surface area contributed by atoms with Crippen LogP contribution in [0.2, 0.25) is 0 Å². The third kappa shape index (κ3) is 8.12. The second kappa shape index (κ2) is 4.86. The molecule has 0 unspecified atom stereocenters. The fourth-order valence-electron chi connectivity index (χ4n) is 0.345. The maximum absolute atomic E-state index is 10.7. The third-order valence-corrected chi connectivity index (χ3v) is 2.39. The molecule has 0 spiro atoms. The van der Waals surface area contributed by atoms with Gasteiger partial charge in [-0.2, -0.15) is 16.8 Å². The van der Waals surface area contributed by atoms with Crippen LogP contribution >= 0.6 is 0 Å². The van der Waals surface area contributed by atoms with E-state index in [0.29, 0.717) is 6.26 Å². The van der Waals surface area contributed by atoms with Gasteiger partial charge in [-0.05, 0) is 0 Å². The summed E-state index contributed by atoms with van der Waals surface area (Å²) in [6.45, 7) is -0.895. The molecule has 1 N–H and O–H groups in total. The molecule has 0 fully saturated rings. The smallest absolute Gasteiger partial charge is 0.293 e. The molecule has 0 aromatic rings. The monoisotopic (exact) mass is 234 g/mol. The summed E-state index contributed by atoms with van der Waals surface area (Å²) in [6.07, 6.45) is 0.717. The average Bonchev–Trinajstić information content (AvgIpc) is 1.97. The Balaban J connectivity index is 4.05. The molecule has 80 valence electrons. The van der Waals surface area contributed by atoms with E-state index in [-0.39, 0.29) is 0 Å². The highest BCUT2D eigenvalue weighted by atomic mass is 32.2. The van der Waals surface area contributed by atoms with Gasteiger partial charge in [0.1, 0.15) is 0 Å². The van der Waals surface area contributed by atoms with E-state index in [0.717, 1.165) is 0 Å². The summed E-state index contributed by atoms with van der Waals surface area (Å²) < 4.78 is 50.2. The van der Waals surface area contributed by atoms with Gasteiger partial charge in [0.2, 0.25) is 0 Å². The molecule has 0 aromatic carbocycles. The van der Waals surface area contributed by atoms with Crippen molar-refractivity contribution in [2.45, 2.75) is 0 Å². The molecule has 7 nitrogen and oxygen atoms in total. The first-order valence-electron chi connectivity index (χ1n) is 3.09. The SMILES string of the molecule is CS(=O)(=O)OCS(=O)(=O)OCCO. The fourth-order valence-corrected chi connectivity index (χ4v) is 1.91. The van der Waals surface area contributed by atoms with Gasteiger partial charge in [-0.15, -0.1) is 0 Å². The van der Waals surface area contributed by atoms with E-state index in [2.05, 4.69) is 8.37 Å². The van der Waals surface area contributed by atoms with Crippen molar-refractivity contribution in [2.75, 3.05) is 25.4 Å². The van der Waals surface area contributed by atoms with Crippen LogP contribution in [0.4, 0.5) is 0 Å². The van der Waals surface area contributed by atoms with E-state index in [1.54, 1.807) is 0 Å². The molecule has 0 heterocycles. The Morgan fingerprint density at radius 2 is 1.69 bits per heavy atom. The van der Waals surface area contributed by atoms with Crippen LogP contribution in [0.5, 0.6) is 0 Å². The van der Waals surface area contributed by atoms with Gasteiger partial charge in [-0.25, -0.2) is 0 Å². The van der Waals surface area contributed by atoms with Crippen molar-refractivity contribution in [2.24, 2.45) is 0 Å². The van der Waals surface area contributed by atoms with E-state index < -0.39 is 39.4 Å². The second-order valence-electron chi connectivity index (χ2n) is 2.04. The zero-order valence-electron chi connectivity index (χ0n) is 6.83. The maximum Gasteiger partial charge on any atom is 0.293 e. The minimum absolute atomic E-state index is 0.421. The summed E-state index contributed by atoms with van der Waals surface area (Å²) in [5, 5.41) is 8.21. The summed E-state index contributed by atoms with van der Waals surface area (Å²) in [5.74, 6) is -1.08. The zero-order chi connectivity index (χ0) is 10.5. The highest BCUT2D eigenvalue weighted by Gasteiger charge is 2.14. The van der Waals surface area contributed by atoms with Crippen LogP contribution < -0.4 is 0 Å². The molecule has 0 saturated carbocycles. The Bertz CT molecular complexity index is 326. The molecule has 0 aliphatic rings. The maximum atomic E-state index is 10.7. The van der Waals surface area contributed by atoms with Crippen molar-refractivity contribution < 1.29 is 30.3 Å². The highest BCUT2D eigenvalue weighted by Crippen LogP contribution is 1.96. The molecule has 0 rings (SSSR count). The molecule has 0 saturated heterocycles. The predicted molar refractivity (Wildman–Crippen MR) is 42.8 cm³/mol.